The highest BCUT2D eigenvalue weighted by Crippen LogP contribution is 2.30. The summed E-state index contributed by atoms with van der Waals surface area (Å²) in [5.74, 6) is 2.19. The van der Waals surface area contributed by atoms with Crippen LogP contribution in [0, 0.1) is 5.41 Å². The van der Waals surface area contributed by atoms with Gasteiger partial charge in [0.05, 0.1) is 13.7 Å². The summed E-state index contributed by atoms with van der Waals surface area (Å²) in [7, 11) is 3.40. The first-order chi connectivity index (χ1) is 10.4. The zero-order valence-corrected chi connectivity index (χ0v) is 17.4. The summed E-state index contributed by atoms with van der Waals surface area (Å²) >= 11 is 0. The van der Waals surface area contributed by atoms with Gasteiger partial charge in [0.1, 0.15) is 0 Å². The van der Waals surface area contributed by atoms with Crippen LogP contribution in [0.3, 0.4) is 0 Å². The summed E-state index contributed by atoms with van der Waals surface area (Å²) in [6.45, 7) is 10.1. The number of guanidine groups is 1. The zero-order chi connectivity index (χ0) is 16.6. The molecule has 0 aliphatic rings. The van der Waals surface area contributed by atoms with E-state index in [1.54, 1.807) is 14.2 Å². The molecule has 0 saturated carbocycles. The van der Waals surface area contributed by atoms with E-state index in [2.05, 4.69) is 36.4 Å². The van der Waals surface area contributed by atoms with Crippen LogP contribution in [0.15, 0.2) is 23.2 Å². The molecule has 0 heterocycles. The summed E-state index contributed by atoms with van der Waals surface area (Å²) in [4.78, 5) is 4.24. The van der Waals surface area contributed by atoms with E-state index in [9.17, 15) is 0 Å². The lowest BCUT2D eigenvalue weighted by atomic mass is 9.92. The van der Waals surface area contributed by atoms with Crippen molar-refractivity contribution >= 4 is 35.6 Å². The van der Waals surface area contributed by atoms with E-state index < -0.39 is 0 Å². The lowest BCUT2D eigenvalue weighted by Crippen LogP contribution is -2.33. The number of hydrogen-bond acceptors (Lipinski definition) is 3. The molecular formula is C17H30IN3O2. The van der Waals surface area contributed by atoms with E-state index in [4.69, 9.17) is 9.47 Å². The van der Waals surface area contributed by atoms with Gasteiger partial charge in [-0.15, -0.1) is 24.0 Å². The van der Waals surface area contributed by atoms with Gasteiger partial charge in [0, 0.05) is 25.3 Å². The Labute approximate surface area is 157 Å². The van der Waals surface area contributed by atoms with Gasteiger partial charge in [0.2, 0.25) is 0 Å². The van der Waals surface area contributed by atoms with Crippen LogP contribution >= 0.6 is 24.0 Å². The molecule has 0 unspecified atom stereocenters. The smallest absolute Gasteiger partial charge is 0.195 e. The monoisotopic (exact) mass is 435 g/mol. The fraction of sp³-hybridized carbons (Fsp3) is 0.588. The molecule has 23 heavy (non-hydrogen) atoms. The minimum atomic E-state index is 0. The first-order valence-corrected chi connectivity index (χ1v) is 7.68. The molecule has 0 aliphatic carbocycles. The molecule has 1 rings (SSSR count). The highest BCUT2D eigenvalue weighted by molar-refractivity contribution is 14.0. The van der Waals surface area contributed by atoms with E-state index in [0.29, 0.717) is 17.8 Å². The third-order valence-electron chi connectivity index (χ3n) is 3.12. The van der Waals surface area contributed by atoms with Crippen LogP contribution in [0.4, 0.5) is 5.69 Å². The first-order valence-electron chi connectivity index (χ1n) is 7.68. The van der Waals surface area contributed by atoms with Crippen molar-refractivity contribution in [3.05, 3.63) is 18.2 Å². The van der Waals surface area contributed by atoms with Gasteiger partial charge < -0.3 is 20.1 Å². The zero-order valence-electron chi connectivity index (χ0n) is 15.0. The van der Waals surface area contributed by atoms with Gasteiger partial charge in [-0.1, -0.05) is 20.8 Å². The van der Waals surface area contributed by atoms with Gasteiger partial charge in [0.25, 0.3) is 0 Å². The van der Waals surface area contributed by atoms with Crippen molar-refractivity contribution in [1.82, 2.24) is 5.32 Å². The highest BCUT2D eigenvalue weighted by atomic mass is 127. The second kappa shape index (κ2) is 10.6. The second-order valence-corrected chi connectivity index (χ2v) is 6.23. The molecule has 0 radical (unpaired) electrons. The number of rotatable bonds is 6. The number of nitrogens with one attached hydrogen (secondary N) is 2. The van der Waals surface area contributed by atoms with Crippen molar-refractivity contribution in [2.24, 2.45) is 10.4 Å². The summed E-state index contributed by atoms with van der Waals surface area (Å²) in [6, 6.07) is 5.75. The van der Waals surface area contributed by atoms with Crippen LogP contribution in [0.25, 0.3) is 0 Å². The maximum atomic E-state index is 5.52. The van der Waals surface area contributed by atoms with Gasteiger partial charge in [-0.2, -0.15) is 0 Å². The molecule has 2 N–H and O–H groups in total. The van der Waals surface area contributed by atoms with Crippen LogP contribution in [-0.2, 0) is 0 Å². The van der Waals surface area contributed by atoms with E-state index >= 15 is 0 Å². The predicted octanol–water partition coefficient (Wildman–Crippen LogP) is 4.14. The number of anilines is 1. The van der Waals surface area contributed by atoms with Crippen molar-refractivity contribution < 1.29 is 9.47 Å². The molecule has 132 valence electrons. The van der Waals surface area contributed by atoms with Gasteiger partial charge >= 0.3 is 0 Å². The highest BCUT2D eigenvalue weighted by Gasteiger charge is 2.10. The van der Waals surface area contributed by atoms with Crippen LogP contribution in [-0.4, -0.2) is 33.3 Å². The minimum absolute atomic E-state index is 0. The number of aliphatic imine (C=N–C) groups is 1. The Bertz CT molecular complexity index is 499. The van der Waals surface area contributed by atoms with Gasteiger partial charge in [0.15, 0.2) is 17.5 Å². The molecule has 0 aliphatic heterocycles. The molecule has 0 amide bonds. The van der Waals surface area contributed by atoms with E-state index in [-0.39, 0.29) is 24.0 Å². The topological polar surface area (TPSA) is 54.9 Å². The SMILES string of the molecule is CCOc1ccc(NC(=NC)NCCC(C)(C)C)cc1OC.I. The van der Waals surface area contributed by atoms with Gasteiger partial charge in [-0.25, -0.2) is 0 Å². The van der Waals surface area contributed by atoms with Crippen LogP contribution < -0.4 is 20.1 Å². The fourth-order valence-corrected chi connectivity index (χ4v) is 1.89. The second-order valence-electron chi connectivity index (χ2n) is 6.23. The van der Waals surface area contributed by atoms with Crippen molar-refractivity contribution in [3.8, 4) is 11.5 Å². The molecule has 0 fully saturated rings. The molecule has 5 nitrogen and oxygen atoms in total. The van der Waals surface area contributed by atoms with Crippen LogP contribution in [0.5, 0.6) is 11.5 Å². The van der Waals surface area contributed by atoms with Crippen molar-refractivity contribution in [3.63, 3.8) is 0 Å². The molecule has 0 saturated heterocycles. The number of halogens is 1. The Morgan fingerprint density at radius 1 is 1.22 bits per heavy atom. The number of benzene rings is 1. The lowest BCUT2D eigenvalue weighted by Gasteiger charge is -2.19. The third kappa shape index (κ3) is 8.29. The predicted molar refractivity (Wildman–Crippen MR) is 109 cm³/mol. The molecule has 1 aromatic rings. The third-order valence-corrected chi connectivity index (χ3v) is 3.12. The van der Waals surface area contributed by atoms with Crippen molar-refractivity contribution in [1.29, 1.82) is 0 Å². The largest absolute Gasteiger partial charge is 0.493 e. The Hall–Kier alpha value is -1.18. The molecule has 0 bridgehead atoms. The lowest BCUT2D eigenvalue weighted by molar-refractivity contribution is 0.311. The van der Waals surface area contributed by atoms with Gasteiger partial charge in [-0.3, -0.25) is 4.99 Å². The normalized spacial score (nSPS) is 11.5. The fourth-order valence-electron chi connectivity index (χ4n) is 1.89. The maximum absolute atomic E-state index is 5.52. The molecule has 1 aromatic carbocycles. The average molecular weight is 435 g/mol. The quantitative estimate of drug-likeness (QED) is 0.401. The summed E-state index contributed by atoms with van der Waals surface area (Å²) in [5.41, 5.74) is 1.21. The molecule has 0 atom stereocenters. The van der Waals surface area contributed by atoms with E-state index in [0.717, 1.165) is 30.4 Å². The Morgan fingerprint density at radius 3 is 2.43 bits per heavy atom. The molecule has 0 aromatic heterocycles. The minimum Gasteiger partial charge on any atom is -0.493 e. The molecule has 6 heteroatoms. The maximum Gasteiger partial charge on any atom is 0.195 e. The van der Waals surface area contributed by atoms with Crippen LogP contribution in [0.2, 0.25) is 0 Å². The Balaban J connectivity index is 0.00000484. The first kappa shape index (κ1) is 21.8. The summed E-state index contributed by atoms with van der Waals surface area (Å²) in [6.07, 6.45) is 1.07. The van der Waals surface area contributed by atoms with Crippen molar-refractivity contribution in [2.45, 2.75) is 34.1 Å². The average Bonchev–Trinajstić information content (AvgIpc) is 2.46. The Morgan fingerprint density at radius 2 is 1.91 bits per heavy atom. The number of hydrogen-bond donors (Lipinski definition) is 2. The number of methoxy groups -OCH3 is 1. The Kier molecular flexibility index (Phi) is 10.0. The summed E-state index contributed by atoms with van der Waals surface area (Å²) in [5, 5.41) is 6.58. The van der Waals surface area contributed by atoms with E-state index in [1.165, 1.54) is 0 Å². The number of nitrogens with zero attached hydrogens (tertiary/aromatic N) is 1. The standard InChI is InChI=1S/C17H29N3O2.HI/c1-7-22-14-9-8-13(12-15(14)21-6)20-16(18-5)19-11-10-17(2,3)4;/h8-9,12H,7,10-11H2,1-6H3,(H2,18,19,20);1H. The molecule has 0 spiro atoms. The molecular weight excluding hydrogens is 405 g/mol. The van der Waals surface area contributed by atoms with Crippen molar-refractivity contribution in [2.75, 3.05) is 32.6 Å². The van der Waals surface area contributed by atoms with E-state index in [1.807, 2.05) is 25.1 Å². The van der Waals surface area contributed by atoms with Gasteiger partial charge in [-0.05, 0) is 30.9 Å². The number of ether oxygens (including phenoxy) is 2. The van der Waals surface area contributed by atoms with Crippen LogP contribution in [0.1, 0.15) is 34.1 Å². The summed E-state index contributed by atoms with van der Waals surface area (Å²) < 4.78 is 10.9.